The van der Waals surface area contributed by atoms with E-state index in [1.54, 1.807) is 6.92 Å². The van der Waals surface area contributed by atoms with Gasteiger partial charge in [-0.05, 0) is 31.6 Å². The van der Waals surface area contributed by atoms with Crippen molar-refractivity contribution in [3.8, 4) is 5.75 Å². The first-order valence-electron chi connectivity index (χ1n) is 11.9. The molecule has 0 aliphatic heterocycles. The summed E-state index contributed by atoms with van der Waals surface area (Å²) in [6, 6.07) is 1.47. The number of likely N-dealkylation sites (N-methyl/N-ethyl adjacent to an activating group) is 1. The van der Waals surface area contributed by atoms with Gasteiger partial charge in [-0.3, -0.25) is 33.7 Å². The molecule has 12 heteroatoms. The molecule has 1 amide bonds. The molecule has 0 spiro atoms. The van der Waals surface area contributed by atoms with Crippen molar-refractivity contribution in [1.82, 2.24) is 4.90 Å². The predicted molar refractivity (Wildman–Crippen MR) is 126 cm³/mol. The first-order valence-corrected chi connectivity index (χ1v) is 11.9. The van der Waals surface area contributed by atoms with Crippen molar-refractivity contribution in [2.24, 2.45) is 29.4 Å². The lowest BCUT2D eigenvalue weighted by molar-refractivity contribution is -0.205. The van der Waals surface area contributed by atoms with Gasteiger partial charge in [0.05, 0.1) is 29.1 Å². The van der Waals surface area contributed by atoms with Crippen LogP contribution < -0.4 is 11.5 Å². The van der Waals surface area contributed by atoms with E-state index in [0.29, 0.717) is 5.56 Å². The average molecular weight is 516 g/mol. The zero-order chi connectivity index (χ0) is 27.7. The number of phenols is 1. The number of fused-ring (bicyclic) bond motifs is 3. The van der Waals surface area contributed by atoms with Crippen molar-refractivity contribution in [3.63, 3.8) is 0 Å². The number of benzene rings is 1. The summed E-state index contributed by atoms with van der Waals surface area (Å²) >= 11 is 0. The quantitative estimate of drug-likeness (QED) is 0.164. The fraction of sp³-hybridized carbons (Fsp3) is 0.520. The Morgan fingerprint density at radius 1 is 1.14 bits per heavy atom. The number of rotatable bonds is 4. The lowest BCUT2D eigenvalue weighted by Gasteiger charge is -2.56. The van der Waals surface area contributed by atoms with Crippen LogP contribution in [0.2, 0.25) is 0 Å². The van der Waals surface area contributed by atoms with Crippen molar-refractivity contribution in [2.75, 3.05) is 19.8 Å². The standard InChI is InChI=1S/C25H29N3O9/c1-5-11(29)37-21-12-8(2)9-6-7-10(26)18(30)13(9)19(31)14(12)22(33)25(36)16(21)17(28(3)4)20(32)15(23(25)34)24(27)35/h6-8,12,14-17,21,30,36H,5,26H2,1-4H3,(H2,27,35)/t8-,12-,14?,15?,16-,17+,21+,25+/m1/s1. The van der Waals surface area contributed by atoms with Gasteiger partial charge in [0.2, 0.25) is 5.91 Å². The Kier molecular flexibility index (Phi) is 6.24. The highest BCUT2D eigenvalue weighted by Gasteiger charge is 2.74. The summed E-state index contributed by atoms with van der Waals surface area (Å²) in [5.74, 6) is -14.5. The first kappa shape index (κ1) is 26.4. The van der Waals surface area contributed by atoms with E-state index < -0.39 is 88.1 Å². The molecule has 0 bridgehead atoms. The van der Waals surface area contributed by atoms with Gasteiger partial charge < -0.3 is 26.4 Å². The molecule has 2 fully saturated rings. The van der Waals surface area contributed by atoms with Crippen LogP contribution in [-0.2, 0) is 28.7 Å². The van der Waals surface area contributed by atoms with Gasteiger partial charge >= 0.3 is 5.97 Å². The van der Waals surface area contributed by atoms with Crippen LogP contribution in [0.4, 0.5) is 5.69 Å². The summed E-state index contributed by atoms with van der Waals surface area (Å²) in [7, 11) is 2.88. The number of hydrogen-bond acceptors (Lipinski definition) is 11. The van der Waals surface area contributed by atoms with Crippen molar-refractivity contribution >= 4 is 40.7 Å². The summed E-state index contributed by atoms with van der Waals surface area (Å²) in [5.41, 5.74) is 8.04. The minimum atomic E-state index is -3.05. The molecule has 3 aliphatic carbocycles. The Bertz CT molecular complexity index is 1260. The average Bonchev–Trinajstić information content (AvgIpc) is 2.82. The van der Waals surface area contributed by atoms with Crippen LogP contribution in [0, 0.1) is 23.7 Å². The number of hydrogen-bond donors (Lipinski definition) is 4. The Morgan fingerprint density at radius 3 is 2.30 bits per heavy atom. The minimum Gasteiger partial charge on any atom is -0.505 e. The number of phenolic OH excluding ortho intramolecular Hbond substituents is 1. The van der Waals surface area contributed by atoms with Crippen LogP contribution in [0.15, 0.2) is 12.1 Å². The number of ether oxygens (including phenoxy) is 1. The maximum absolute atomic E-state index is 14.0. The number of nitrogens with two attached hydrogens (primary N) is 2. The highest BCUT2D eigenvalue weighted by Crippen LogP contribution is 2.55. The molecule has 0 heterocycles. The molecule has 12 nitrogen and oxygen atoms in total. The molecular weight excluding hydrogens is 486 g/mol. The number of ketones is 4. The fourth-order valence-corrected chi connectivity index (χ4v) is 6.36. The van der Waals surface area contributed by atoms with Gasteiger partial charge in [-0.15, -0.1) is 0 Å². The number of nitrogens with zero attached hydrogens (tertiary/aromatic N) is 1. The highest BCUT2D eigenvalue weighted by molar-refractivity contribution is 6.32. The largest absolute Gasteiger partial charge is 0.505 e. The van der Waals surface area contributed by atoms with Crippen LogP contribution in [-0.4, -0.2) is 82.0 Å². The van der Waals surface area contributed by atoms with E-state index in [-0.39, 0.29) is 17.7 Å². The number of aliphatic hydroxyl groups is 1. The molecule has 3 aliphatic rings. The van der Waals surface area contributed by atoms with Crippen LogP contribution >= 0.6 is 0 Å². The molecule has 8 atom stereocenters. The van der Waals surface area contributed by atoms with Crippen LogP contribution in [0.3, 0.4) is 0 Å². The second-order valence-electron chi connectivity index (χ2n) is 10.2. The fourth-order valence-electron chi connectivity index (χ4n) is 6.36. The van der Waals surface area contributed by atoms with Crippen molar-refractivity contribution in [3.05, 3.63) is 23.3 Å². The zero-order valence-corrected chi connectivity index (χ0v) is 20.8. The van der Waals surface area contributed by atoms with Crippen molar-refractivity contribution in [1.29, 1.82) is 0 Å². The third kappa shape index (κ3) is 3.42. The number of primary amides is 1. The van der Waals surface area contributed by atoms with Crippen LogP contribution in [0.5, 0.6) is 5.75 Å². The Hall–Kier alpha value is -3.64. The summed E-state index contributed by atoms with van der Waals surface area (Å²) in [5, 5.41) is 22.4. The molecule has 1 aromatic carbocycles. The van der Waals surface area contributed by atoms with Gasteiger partial charge in [0.15, 0.2) is 34.7 Å². The number of nitrogen functional groups attached to an aromatic ring is 1. The number of esters is 1. The molecule has 6 N–H and O–H groups in total. The molecule has 37 heavy (non-hydrogen) atoms. The second kappa shape index (κ2) is 8.73. The third-order valence-corrected chi connectivity index (χ3v) is 8.05. The van der Waals surface area contributed by atoms with E-state index in [2.05, 4.69) is 0 Å². The van der Waals surface area contributed by atoms with Crippen molar-refractivity contribution < 1.29 is 43.7 Å². The van der Waals surface area contributed by atoms with E-state index in [0.717, 1.165) is 0 Å². The van der Waals surface area contributed by atoms with Gasteiger partial charge in [0.25, 0.3) is 0 Å². The van der Waals surface area contributed by atoms with Crippen LogP contribution in [0.1, 0.15) is 42.1 Å². The number of carbonyl (C=O) groups excluding carboxylic acids is 6. The smallest absolute Gasteiger partial charge is 0.305 e. The van der Waals surface area contributed by atoms with Gasteiger partial charge in [-0.25, -0.2) is 0 Å². The van der Waals surface area contributed by atoms with Gasteiger partial charge in [0, 0.05) is 12.3 Å². The molecule has 0 radical (unpaired) electrons. The number of amides is 1. The molecule has 2 unspecified atom stereocenters. The lowest BCUT2D eigenvalue weighted by Crippen LogP contribution is -2.78. The summed E-state index contributed by atoms with van der Waals surface area (Å²) in [4.78, 5) is 80.7. The SMILES string of the molecule is CCC(=O)O[C@H]1[C@H]2C(C(=O)c3c(ccc(N)c3O)[C@H]2C)C(=O)[C@]2(O)C(=O)C(C(N)=O)C(=O)[C@@H](N(C)C)[C@H]12. The number of carbonyl (C=O) groups is 6. The summed E-state index contributed by atoms with van der Waals surface area (Å²) in [6.45, 7) is 3.15. The maximum atomic E-state index is 14.0. The second-order valence-corrected chi connectivity index (χ2v) is 10.2. The molecule has 0 saturated heterocycles. The van der Waals surface area contributed by atoms with E-state index in [4.69, 9.17) is 16.2 Å². The van der Waals surface area contributed by atoms with E-state index in [1.165, 1.54) is 38.1 Å². The Balaban J connectivity index is 2.04. The topological polar surface area (TPSA) is 207 Å². The molecule has 0 aromatic heterocycles. The maximum Gasteiger partial charge on any atom is 0.305 e. The van der Waals surface area contributed by atoms with E-state index in [9.17, 15) is 39.0 Å². The lowest BCUT2D eigenvalue weighted by atomic mass is 9.49. The predicted octanol–water partition coefficient (Wildman–Crippen LogP) is -1.06. The van der Waals surface area contributed by atoms with Crippen LogP contribution in [0.25, 0.3) is 0 Å². The molecule has 198 valence electrons. The normalized spacial score (nSPS) is 35.0. The molecule has 2 saturated carbocycles. The molecule has 4 rings (SSSR count). The highest BCUT2D eigenvalue weighted by atomic mass is 16.5. The number of aromatic hydroxyl groups is 1. The zero-order valence-electron chi connectivity index (χ0n) is 20.8. The minimum absolute atomic E-state index is 0.109. The van der Waals surface area contributed by atoms with E-state index >= 15 is 0 Å². The Labute approximate surface area is 211 Å². The van der Waals surface area contributed by atoms with E-state index in [1.807, 2.05) is 0 Å². The number of Topliss-reactive ketones (excluding diaryl/α,β-unsaturated/α-hetero) is 4. The molecular formula is C25H29N3O9. The summed E-state index contributed by atoms with van der Waals surface area (Å²) < 4.78 is 5.72. The van der Waals surface area contributed by atoms with Gasteiger partial charge in [-0.1, -0.05) is 19.9 Å². The number of anilines is 1. The Morgan fingerprint density at radius 2 is 1.76 bits per heavy atom. The summed E-state index contributed by atoms with van der Waals surface area (Å²) in [6.07, 6.45) is -1.57. The van der Waals surface area contributed by atoms with Gasteiger partial charge in [0.1, 0.15) is 11.9 Å². The first-order chi connectivity index (χ1) is 17.2. The molecule has 1 aromatic rings. The van der Waals surface area contributed by atoms with Crippen molar-refractivity contribution in [2.45, 2.75) is 43.9 Å². The third-order valence-electron chi connectivity index (χ3n) is 8.05. The van der Waals surface area contributed by atoms with Gasteiger partial charge in [-0.2, -0.15) is 0 Å². The monoisotopic (exact) mass is 515 g/mol.